The Labute approximate surface area is 184 Å². The quantitative estimate of drug-likeness (QED) is 0.413. The number of hydrogen-bond acceptors (Lipinski definition) is 4. The van der Waals surface area contributed by atoms with E-state index in [1.54, 1.807) is 22.5 Å². The van der Waals surface area contributed by atoms with Crippen LogP contribution in [-0.4, -0.2) is 4.98 Å². The van der Waals surface area contributed by atoms with Gasteiger partial charge in [-0.05, 0) is 60.8 Å². The Morgan fingerprint density at radius 3 is 1.76 bits per heavy atom. The lowest BCUT2D eigenvalue weighted by Gasteiger charge is -2.29. The molecule has 0 radical (unpaired) electrons. The number of rotatable bonds is 3. The normalized spacial score (nSPS) is 18.2. The Morgan fingerprint density at radius 1 is 0.724 bits per heavy atom. The summed E-state index contributed by atoms with van der Waals surface area (Å²) in [6.07, 6.45) is 14.5. The first-order valence-electron chi connectivity index (χ1n) is 11.2. The SMILES string of the molecule is SNc1nc2ccccc2s1.c1ccc(C2CCCCC2)c(C2CCCCC2)c1. The topological polar surface area (TPSA) is 24.9 Å². The highest BCUT2D eigenvalue weighted by atomic mass is 32.1. The lowest BCUT2D eigenvalue weighted by atomic mass is 9.76. The second-order valence-corrected chi connectivity index (χ2v) is 9.65. The summed E-state index contributed by atoms with van der Waals surface area (Å²) in [7, 11) is 0. The zero-order chi connectivity index (χ0) is 19.9. The average Bonchev–Trinajstić information content (AvgIpc) is 3.24. The van der Waals surface area contributed by atoms with Crippen LogP contribution in [0.2, 0.25) is 0 Å². The molecule has 29 heavy (non-hydrogen) atoms. The maximum absolute atomic E-state index is 4.26. The molecule has 2 nitrogen and oxygen atoms in total. The molecule has 0 amide bonds. The number of benzene rings is 2. The summed E-state index contributed by atoms with van der Waals surface area (Å²) in [4.78, 5) is 4.26. The van der Waals surface area contributed by atoms with E-state index in [9.17, 15) is 0 Å². The van der Waals surface area contributed by atoms with Crippen molar-refractivity contribution < 1.29 is 0 Å². The molecule has 2 aromatic carbocycles. The van der Waals surface area contributed by atoms with Gasteiger partial charge in [-0.15, -0.1) is 0 Å². The summed E-state index contributed by atoms with van der Waals surface area (Å²) in [6, 6.07) is 17.4. The molecule has 0 bridgehead atoms. The first kappa shape index (κ1) is 20.7. The van der Waals surface area contributed by atoms with Gasteiger partial charge < -0.3 is 4.72 Å². The van der Waals surface area contributed by atoms with Crippen molar-refractivity contribution in [1.29, 1.82) is 0 Å². The van der Waals surface area contributed by atoms with Gasteiger partial charge in [-0.25, -0.2) is 4.98 Å². The summed E-state index contributed by atoms with van der Waals surface area (Å²) in [5.74, 6) is 1.74. The van der Waals surface area contributed by atoms with Crippen molar-refractivity contribution in [2.45, 2.75) is 76.0 Å². The van der Waals surface area contributed by atoms with Gasteiger partial charge in [0.05, 0.1) is 10.2 Å². The molecule has 0 atom stereocenters. The van der Waals surface area contributed by atoms with Crippen LogP contribution in [-0.2, 0) is 0 Å². The molecule has 1 aromatic heterocycles. The average molecular weight is 425 g/mol. The molecular weight excluding hydrogens is 392 g/mol. The van der Waals surface area contributed by atoms with Crippen molar-refractivity contribution in [2.75, 3.05) is 4.72 Å². The molecule has 5 rings (SSSR count). The second-order valence-electron chi connectivity index (χ2n) is 8.40. The Kier molecular flexibility index (Phi) is 7.50. The number of thiol groups is 1. The summed E-state index contributed by atoms with van der Waals surface area (Å²) < 4.78 is 3.90. The van der Waals surface area contributed by atoms with Crippen molar-refractivity contribution in [1.82, 2.24) is 4.98 Å². The van der Waals surface area contributed by atoms with E-state index in [-0.39, 0.29) is 0 Å². The van der Waals surface area contributed by atoms with Gasteiger partial charge in [0.25, 0.3) is 0 Å². The monoisotopic (exact) mass is 424 g/mol. The minimum atomic E-state index is 0.842. The zero-order valence-corrected chi connectivity index (χ0v) is 18.9. The predicted octanol–water partition coefficient (Wildman–Crippen LogP) is 8.34. The number of nitrogens with zero attached hydrogens (tertiary/aromatic N) is 1. The maximum atomic E-state index is 4.26. The minimum Gasteiger partial charge on any atom is -0.308 e. The van der Waals surface area contributed by atoms with Crippen LogP contribution >= 0.6 is 24.2 Å². The molecule has 0 unspecified atom stereocenters. The van der Waals surface area contributed by atoms with Crippen LogP contribution in [0.1, 0.15) is 87.2 Å². The van der Waals surface area contributed by atoms with Gasteiger partial charge in [-0.2, -0.15) is 0 Å². The van der Waals surface area contributed by atoms with Gasteiger partial charge in [-0.1, -0.05) is 99.1 Å². The molecule has 0 aliphatic heterocycles. The molecule has 1 heterocycles. The number of fused-ring (bicyclic) bond motifs is 1. The third-order valence-electron chi connectivity index (χ3n) is 6.48. The lowest BCUT2D eigenvalue weighted by molar-refractivity contribution is 0.419. The van der Waals surface area contributed by atoms with Crippen molar-refractivity contribution in [3.63, 3.8) is 0 Å². The van der Waals surface area contributed by atoms with Gasteiger partial charge in [-0.3, -0.25) is 0 Å². The molecule has 3 aromatic rings. The number of nitrogens with one attached hydrogen (secondary N) is 1. The lowest BCUT2D eigenvalue weighted by Crippen LogP contribution is -2.12. The number of aromatic nitrogens is 1. The molecular formula is C25H32N2S2. The first-order valence-corrected chi connectivity index (χ1v) is 12.5. The van der Waals surface area contributed by atoms with Gasteiger partial charge >= 0.3 is 0 Å². The Hall–Kier alpha value is -1.52. The highest BCUT2D eigenvalue weighted by molar-refractivity contribution is 7.82. The zero-order valence-electron chi connectivity index (χ0n) is 17.1. The highest BCUT2D eigenvalue weighted by Gasteiger charge is 2.23. The van der Waals surface area contributed by atoms with Crippen molar-refractivity contribution in [2.24, 2.45) is 0 Å². The fourth-order valence-electron chi connectivity index (χ4n) is 5.00. The van der Waals surface area contributed by atoms with Crippen molar-refractivity contribution >= 4 is 39.5 Å². The standard InChI is InChI=1S/C18H26.C7H6N2S2/c1-3-9-15(10-4-1)17-13-7-8-14-18(17)16-11-5-2-6-12-16;10-9-7-8-5-3-1-2-4-6(5)11-7/h7-8,13-16H,1-6,9-12H2;1-4,10H,(H,8,9). The van der Waals surface area contributed by atoms with Gasteiger partial charge in [0.2, 0.25) is 0 Å². The van der Waals surface area contributed by atoms with Crippen LogP contribution in [0.25, 0.3) is 10.2 Å². The van der Waals surface area contributed by atoms with E-state index >= 15 is 0 Å². The molecule has 2 aliphatic rings. The van der Waals surface area contributed by atoms with Gasteiger partial charge in [0.15, 0.2) is 5.13 Å². The number of anilines is 1. The van der Waals surface area contributed by atoms with Crippen LogP contribution in [0.5, 0.6) is 0 Å². The van der Waals surface area contributed by atoms with E-state index in [0.717, 1.165) is 22.5 Å². The Morgan fingerprint density at radius 2 is 1.24 bits per heavy atom. The van der Waals surface area contributed by atoms with E-state index in [1.807, 2.05) is 24.3 Å². The maximum Gasteiger partial charge on any atom is 0.193 e. The van der Waals surface area contributed by atoms with E-state index in [2.05, 4.69) is 46.8 Å². The minimum absolute atomic E-state index is 0.842. The molecule has 154 valence electrons. The number of hydrogen-bond donors (Lipinski definition) is 2. The molecule has 0 saturated heterocycles. The third-order valence-corrected chi connectivity index (χ3v) is 7.79. The van der Waals surface area contributed by atoms with Crippen LogP contribution in [0.3, 0.4) is 0 Å². The largest absolute Gasteiger partial charge is 0.308 e. The smallest absolute Gasteiger partial charge is 0.193 e. The first-order chi connectivity index (χ1) is 14.3. The second kappa shape index (κ2) is 10.5. The van der Waals surface area contributed by atoms with Crippen LogP contribution in [0.15, 0.2) is 48.5 Å². The molecule has 2 saturated carbocycles. The van der Waals surface area contributed by atoms with Gasteiger partial charge in [0, 0.05) is 0 Å². The van der Waals surface area contributed by atoms with E-state index < -0.39 is 0 Å². The molecule has 2 fully saturated rings. The Balaban J connectivity index is 0.000000159. The Bertz CT molecular complexity index is 822. The summed E-state index contributed by atoms with van der Waals surface area (Å²) in [5.41, 5.74) is 4.45. The summed E-state index contributed by atoms with van der Waals surface area (Å²) >= 11 is 5.52. The highest BCUT2D eigenvalue weighted by Crippen LogP contribution is 2.40. The summed E-state index contributed by atoms with van der Waals surface area (Å²) in [5, 5.41) is 0.842. The van der Waals surface area contributed by atoms with Crippen molar-refractivity contribution in [3.8, 4) is 0 Å². The van der Waals surface area contributed by atoms with E-state index in [4.69, 9.17) is 0 Å². The molecule has 1 N–H and O–H groups in total. The third kappa shape index (κ3) is 5.35. The van der Waals surface area contributed by atoms with Gasteiger partial charge in [0.1, 0.15) is 0 Å². The van der Waals surface area contributed by atoms with E-state index in [0.29, 0.717) is 0 Å². The van der Waals surface area contributed by atoms with Crippen LogP contribution in [0, 0.1) is 0 Å². The van der Waals surface area contributed by atoms with Crippen LogP contribution in [0.4, 0.5) is 5.13 Å². The number of para-hydroxylation sites is 1. The van der Waals surface area contributed by atoms with E-state index in [1.165, 1.54) is 68.9 Å². The molecule has 2 aliphatic carbocycles. The fourth-order valence-corrected chi connectivity index (χ4v) is 5.95. The number of thiazole rings is 1. The van der Waals surface area contributed by atoms with Crippen LogP contribution < -0.4 is 4.72 Å². The predicted molar refractivity (Wildman–Crippen MR) is 130 cm³/mol. The van der Waals surface area contributed by atoms with Crippen molar-refractivity contribution in [3.05, 3.63) is 59.7 Å². The summed E-state index contributed by atoms with van der Waals surface area (Å²) in [6.45, 7) is 0. The molecule has 4 heteroatoms. The fraction of sp³-hybridized carbons (Fsp3) is 0.480. The molecule has 0 spiro atoms.